The standard InChI is InChI=1S/C16H23N5O2/c1-14(11-20-5-4-17-13-20)18-16(22)21-8-6-19(7-9-21)12-15-3-2-10-23-15/h2-5,10,13-14H,6-9,11-12H2,1H3,(H,18,22)/t14-/m1/s1. The van der Waals surface area contributed by atoms with Crippen LogP contribution in [0.1, 0.15) is 12.7 Å². The number of nitrogens with zero attached hydrogens (tertiary/aromatic N) is 4. The summed E-state index contributed by atoms with van der Waals surface area (Å²) in [5.41, 5.74) is 0. The number of carbonyl (C=O) groups excluding carboxylic acids is 1. The van der Waals surface area contributed by atoms with Crippen molar-refractivity contribution >= 4 is 6.03 Å². The van der Waals surface area contributed by atoms with E-state index in [4.69, 9.17) is 4.42 Å². The fraction of sp³-hybridized carbons (Fsp3) is 0.500. The molecular formula is C16H23N5O2. The molecule has 1 saturated heterocycles. The number of rotatable bonds is 5. The molecule has 0 spiro atoms. The number of aromatic nitrogens is 2. The Morgan fingerprint density at radius 2 is 2.22 bits per heavy atom. The maximum Gasteiger partial charge on any atom is 0.317 e. The molecule has 0 bridgehead atoms. The van der Waals surface area contributed by atoms with E-state index >= 15 is 0 Å². The van der Waals surface area contributed by atoms with Crippen molar-refractivity contribution in [2.45, 2.75) is 26.1 Å². The van der Waals surface area contributed by atoms with Gasteiger partial charge < -0.3 is 19.2 Å². The van der Waals surface area contributed by atoms with Gasteiger partial charge in [-0.3, -0.25) is 4.90 Å². The Morgan fingerprint density at radius 1 is 1.39 bits per heavy atom. The fourth-order valence-corrected chi connectivity index (χ4v) is 2.79. The van der Waals surface area contributed by atoms with Crippen LogP contribution in [0.25, 0.3) is 0 Å². The maximum atomic E-state index is 12.3. The van der Waals surface area contributed by atoms with Gasteiger partial charge in [0.05, 0.1) is 19.1 Å². The van der Waals surface area contributed by atoms with Gasteiger partial charge in [0.15, 0.2) is 0 Å². The Bertz CT molecular complexity index is 588. The molecule has 0 aromatic carbocycles. The first-order valence-corrected chi connectivity index (χ1v) is 7.96. The number of hydrogen-bond acceptors (Lipinski definition) is 4. The molecule has 0 unspecified atom stereocenters. The third kappa shape index (κ3) is 4.35. The molecule has 1 atom stereocenters. The number of urea groups is 1. The normalized spacial score (nSPS) is 17.2. The first kappa shape index (κ1) is 15.6. The second-order valence-corrected chi connectivity index (χ2v) is 5.95. The van der Waals surface area contributed by atoms with Crippen molar-refractivity contribution in [3.63, 3.8) is 0 Å². The molecule has 1 aliphatic heterocycles. The minimum absolute atomic E-state index is 0.00950. The van der Waals surface area contributed by atoms with E-state index in [-0.39, 0.29) is 12.1 Å². The summed E-state index contributed by atoms with van der Waals surface area (Å²) in [6.07, 6.45) is 7.10. The molecule has 3 heterocycles. The van der Waals surface area contributed by atoms with Gasteiger partial charge >= 0.3 is 6.03 Å². The molecule has 7 heteroatoms. The number of nitrogens with one attached hydrogen (secondary N) is 1. The summed E-state index contributed by atoms with van der Waals surface area (Å²) < 4.78 is 7.34. The van der Waals surface area contributed by atoms with Crippen LogP contribution in [0, 0.1) is 0 Å². The van der Waals surface area contributed by atoms with Gasteiger partial charge in [-0.15, -0.1) is 0 Å². The second kappa shape index (κ2) is 7.32. The van der Waals surface area contributed by atoms with E-state index in [1.807, 2.05) is 34.7 Å². The lowest BCUT2D eigenvalue weighted by molar-refractivity contribution is 0.128. The van der Waals surface area contributed by atoms with Crippen molar-refractivity contribution in [1.82, 2.24) is 24.7 Å². The minimum Gasteiger partial charge on any atom is -0.468 e. The van der Waals surface area contributed by atoms with E-state index < -0.39 is 0 Å². The van der Waals surface area contributed by atoms with Crippen molar-refractivity contribution in [3.05, 3.63) is 42.9 Å². The Morgan fingerprint density at radius 3 is 2.87 bits per heavy atom. The topological polar surface area (TPSA) is 66.5 Å². The summed E-state index contributed by atoms with van der Waals surface area (Å²) in [7, 11) is 0. The molecule has 2 aromatic heterocycles. The van der Waals surface area contributed by atoms with Crippen LogP contribution in [0.2, 0.25) is 0 Å². The molecule has 1 fully saturated rings. The highest BCUT2D eigenvalue weighted by Crippen LogP contribution is 2.09. The molecule has 2 aromatic rings. The molecule has 1 N–H and O–H groups in total. The molecule has 0 radical (unpaired) electrons. The van der Waals surface area contributed by atoms with Crippen LogP contribution in [0.3, 0.4) is 0 Å². The van der Waals surface area contributed by atoms with Crippen LogP contribution in [-0.2, 0) is 13.1 Å². The van der Waals surface area contributed by atoms with Crippen molar-refractivity contribution in [3.8, 4) is 0 Å². The molecule has 2 amide bonds. The summed E-state index contributed by atoms with van der Waals surface area (Å²) in [6.45, 7) is 6.75. The predicted octanol–water partition coefficient (Wildman–Crippen LogP) is 1.39. The quantitative estimate of drug-likeness (QED) is 0.905. The summed E-state index contributed by atoms with van der Waals surface area (Å²) >= 11 is 0. The molecule has 23 heavy (non-hydrogen) atoms. The fourth-order valence-electron chi connectivity index (χ4n) is 2.79. The Hall–Kier alpha value is -2.28. The molecule has 0 saturated carbocycles. The van der Waals surface area contributed by atoms with Crippen LogP contribution in [0.15, 0.2) is 41.5 Å². The Kier molecular flexibility index (Phi) is 4.97. The number of furan rings is 1. The summed E-state index contributed by atoms with van der Waals surface area (Å²) in [5.74, 6) is 0.969. The van der Waals surface area contributed by atoms with Crippen LogP contribution in [0.5, 0.6) is 0 Å². The predicted molar refractivity (Wildman–Crippen MR) is 85.8 cm³/mol. The van der Waals surface area contributed by atoms with Gasteiger partial charge in [0.1, 0.15) is 5.76 Å². The van der Waals surface area contributed by atoms with Crippen LogP contribution >= 0.6 is 0 Å². The third-order valence-corrected chi connectivity index (χ3v) is 4.03. The SMILES string of the molecule is C[C@H](Cn1ccnc1)NC(=O)N1CCN(Cc2ccco2)CC1. The molecule has 7 nitrogen and oxygen atoms in total. The van der Waals surface area contributed by atoms with Crippen molar-refractivity contribution in [1.29, 1.82) is 0 Å². The lowest BCUT2D eigenvalue weighted by Crippen LogP contribution is -2.53. The molecule has 3 rings (SSSR count). The van der Waals surface area contributed by atoms with E-state index in [1.165, 1.54) is 0 Å². The van der Waals surface area contributed by atoms with Crippen LogP contribution in [-0.4, -0.2) is 57.6 Å². The number of amides is 2. The van der Waals surface area contributed by atoms with Gasteiger partial charge in [-0.25, -0.2) is 9.78 Å². The lowest BCUT2D eigenvalue weighted by atomic mass is 10.3. The molecule has 124 valence electrons. The lowest BCUT2D eigenvalue weighted by Gasteiger charge is -2.34. The first-order chi connectivity index (χ1) is 11.2. The number of piperazine rings is 1. The van der Waals surface area contributed by atoms with Gasteiger partial charge in [-0.2, -0.15) is 0 Å². The van der Waals surface area contributed by atoms with Gasteiger partial charge in [-0.1, -0.05) is 0 Å². The summed E-state index contributed by atoms with van der Waals surface area (Å²) in [4.78, 5) is 20.5. The van der Waals surface area contributed by atoms with E-state index in [0.717, 1.165) is 45.0 Å². The highest BCUT2D eigenvalue weighted by molar-refractivity contribution is 5.74. The van der Waals surface area contributed by atoms with E-state index in [1.54, 1.807) is 18.8 Å². The molecule has 1 aliphatic rings. The Labute approximate surface area is 135 Å². The summed E-state index contributed by atoms with van der Waals surface area (Å²) in [6, 6.07) is 3.96. The van der Waals surface area contributed by atoms with Crippen molar-refractivity contribution in [2.24, 2.45) is 0 Å². The number of hydrogen-bond donors (Lipinski definition) is 1. The zero-order valence-electron chi connectivity index (χ0n) is 13.4. The molecule has 0 aliphatic carbocycles. The van der Waals surface area contributed by atoms with Gasteiger partial charge in [0.25, 0.3) is 0 Å². The smallest absolute Gasteiger partial charge is 0.317 e. The maximum absolute atomic E-state index is 12.3. The monoisotopic (exact) mass is 317 g/mol. The van der Waals surface area contributed by atoms with Gasteiger partial charge in [0, 0.05) is 51.2 Å². The van der Waals surface area contributed by atoms with Crippen molar-refractivity contribution < 1.29 is 9.21 Å². The van der Waals surface area contributed by atoms with Crippen LogP contribution < -0.4 is 5.32 Å². The number of carbonyl (C=O) groups is 1. The zero-order chi connectivity index (χ0) is 16.1. The van der Waals surface area contributed by atoms with Crippen LogP contribution in [0.4, 0.5) is 4.79 Å². The minimum atomic E-state index is 0.00950. The van der Waals surface area contributed by atoms with Crippen molar-refractivity contribution in [2.75, 3.05) is 26.2 Å². The van der Waals surface area contributed by atoms with E-state index in [0.29, 0.717) is 0 Å². The highest BCUT2D eigenvalue weighted by Gasteiger charge is 2.22. The van der Waals surface area contributed by atoms with E-state index in [9.17, 15) is 4.79 Å². The average Bonchev–Trinajstić information content (AvgIpc) is 3.21. The van der Waals surface area contributed by atoms with E-state index in [2.05, 4.69) is 15.2 Å². The third-order valence-electron chi connectivity index (χ3n) is 4.03. The van der Waals surface area contributed by atoms with Gasteiger partial charge in [0.2, 0.25) is 0 Å². The Balaban J connectivity index is 1.41. The first-order valence-electron chi connectivity index (χ1n) is 7.96. The largest absolute Gasteiger partial charge is 0.468 e. The highest BCUT2D eigenvalue weighted by atomic mass is 16.3. The zero-order valence-corrected chi connectivity index (χ0v) is 13.4. The average molecular weight is 317 g/mol. The number of imidazole rings is 1. The second-order valence-electron chi connectivity index (χ2n) is 5.95. The molecular weight excluding hydrogens is 294 g/mol. The van der Waals surface area contributed by atoms with Gasteiger partial charge in [-0.05, 0) is 19.1 Å². The summed E-state index contributed by atoms with van der Waals surface area (Å²) in [5, 5.41) is 3.05.